The number of hydrogen-bond acceptors (Lipinski definition) is 5. The summed E-state index contributed by atoms with van der Waals surface area (Å²) in [7, 11) is 0. The molecule has 0 atom stereocenters. The number of ether oxygens (including phenoxy) is 1. The topological polar surface area (TPSA) is 104 Å². The molecule has 0 radical (unpaired) electrons. The van der Waals surface area contributed by atoms with Crippen molar-refractivity contribution in [2.45, 2.75) is 32.2 Å². The van der Waals surface area contributed by atoms with E-state index in [1.807, 2.05) is 12.1 Å². The molecule has 1 aliphatic rings. The number of nitrogens with one attached hydrogen (secondary N) is 2. The van der Waals surface area contributed by atoms with Gasteiger partial charge in [-0.25, -0.2) is 9.97 Å². The molecule has 0 spiro atoms. The highest BCUT2D eigenvalue weighted by atomic mass is 16.5. The quantitative estimate of drug-likeness (QED) is 0.730. The Morgan fingerprint density at radius 1 is 1.39 bits per heavy atom. The average Bonchev–Trinajstić information content (AvgIpc) is 3.08. The van der Waals surface area contributed by atoms with Crippen LogP contribution in [-0.4, -0.2) is 34.1 Å². The predicted molar refractivity (Wildman–Crippen MR) is 104 cm³/mol. The highest BCUT2D eigenvalue weighted by molar-refractivity contribution is 5.95. The van der Waals surface area contributed by atoms with E-state index < -0.39 is 0 Å². The molecule has 1 amide bonds. The minimum atomic E-state index is -0.356. The summed E-state index contributed by atoms with van der Waals surface area (Å²) in [6, 6.07) is 8.08. The van der Waals surface area contributed by atoms with Crippen molar-refractivity contribution in [3.8, 4) is 6.07 Å². The van der Waals surface area contributed by atoms with Crippen molar-refractivity contribution in [3.05, 3.63) is 58.8 Å². The number of nitriles is 1. The molecular formula is C21H21N5O2. The number of carbonyl (C=O) groups excluding carboxylic acids is 1. The van der Waals surface area contributed by atoms with Gasteiger partial charge in [0.1, 0.15) is 12.4 Å². The van der Waals surface area contributed by atoms with Crippen LogP contribution in [0.5, 0.6) is 0 Å². The van der Waals surface area contributed by atoms with E-state index in [0.29, 0.717) is 12.5 Å². The van der Waals surface area contributed by atoms with Crippen LogP contribution in [0.15, 0.2) is 30.7 Å². The Balaban J connectivity index is 1.52. The van der Waals surface area contributed by atoms with E-state index >= 15 is 0 Å². The molecule has 4 rings (SSSR count). The smallest absolute Gasteiger partial charge is 0.256 e. The predicted octanol–water partition coefficient (Wildman–Crippen LogP) is 2.96. The van der Waals surface area contributed by atoms with Crippen LogP contribution in [0.25, 0.3) is 10.9 Å². The number of benzene rings is 1. The maximum atomic E-state index is 12.4. The lowest BCUT2D eigenvalue weighted by Gasteiger charge is -2.21. The Labute approximate surface area is 162 Å². The fourth-order valence-electron chi connectivity index (χ4n) is 3.76. The largest absolute Gasteiger partial charge is 0.381 e. The molecule has 7 nitrogen and oxygen atoms in total. The number of aromatic amines is 1. The van der Waals surface area contributed by atoms with Crippen LogP contribution in [0.2, 0.25) is 0 Å². The number of amides is 1. The molecule has 2 aromatic heterocycles. The summed E-state index contributed by atoms with van der Waals surface area (Å²) in [5, 5.41) is 13.1. The molecular weight excluding hydrogens is 354 g/mol. The van der Waals surface area contributed by atoms with Crippen molar-refractivity contribution >= 4 is 16.8 Å². The molecule has 1 fully saturated rings. The zero-order chi connectivity index (χ0) is 19.5. The Hall–Kier alpha value is -3.24. The van der Waals surface area contributed by atoms with Gasteiger partial charge in [-0.15, -0.1) is 0 Å². The normalized spacial score (nSPS) is 14.7. The number of H-pyrrole nitrogens is 1. The maximum Gasteiger partial charge on any atom is 0.256 e. The molecule has 142 valence electrons. The van der Waals surface area contributed by atoms with Gasteiger partial charge in [0.25, 0.3) is 5.91 Å². The zero-order valence-electron chi connectivity index (χ0n) is 15.7. The van der Waals surface area contributed by atoms with Crippen molar-refractivity contribution in [3.63, 3.8) is 0 Å². The van der Waals surface area contributed by atoms with Crippen molar-refractivity contribution in [1.29, 1.82) is 5.26 Å². The number of nitrogens with zero attached hydrogens (tertiary/aromatic N) is 3. The van der Waals surface area contributed by atoms with Crippen molar-refractivity contribution in [2.75, 3.05) is 13.2 Å². The first-order chi connectivity index (χ1) is 13.7. The minimum absolute atomic E-state index is 0.0746. The highest BCUT2D eigenvalue weighted by Crippen LogP contribution is 2.33. The molecule has 0 saturated carbocycles. The molecule has 0 bridgehead atoms. The lowest BCUT2D eigenvalue weighted by Crippen LogP contribution is -2.24. The van der Waals surface area contributed by atoms with E-state index in [1.54, 1.807) is 0 Å². The van der Waals surface area contributed by atoms with Gasteiger partial charge in [0.2, 0.25) is 0 Å². The number of hydrogen-bond donors (Lipinski definition) is 2. The van der Waals surface area contributed by atoms with Crippen LogP contribution in [-0.2, 0) is 11.3 Å². The van der Waals surface area contributed by atoms with Crippen LogP contribution < -0.4 is 5.32 Å². The number of carbonyl (C=O) groups is 1. The van der Waals surface area contributed by atoms with Crippen molar-refractivity contribution in [1.82, 2.24) is 20.3 Å². The van der Waals surface area contributed by atoms with Crippen LogP contribution in [0, 0.1) is 18.3 Å². The van der Waals surface area contributed by atoms with Gasteiger partial charge in [-0.3, -0.25) is 4.79 Å². The zero-order valence-corrected chi connectivity index (χ0v) is 15.7. The summed E-state index contributed by atoms with van der Waals surface area (Å²) in [5.41, 5.74) is 4.92. The SMILES string of the molecule is Cc1c(C2CCOCC2)[nH]c2ccc(CNC(=O)c3cncnc3C#N)cc12. The van der Waals surface area contributed by atoms with Gasteiger partial charge in [0.05, 0.1) is 5.56 Å². The fourth-order valence-corrected chi connectivity index (χ4v) is 3.76. The van der Waals surface area contributed by atoms with Crippen LogP contribution in [0.4, 0.5) is 0 Å². The Kier molecular flexibility index (Phi) is 5.04. The Bertz CT molecular complexity index is 1060. The Morgan fingerprint density at radius 3 is 3.00 bits per heavy atom. The van der Waals surface area contributed by atoms with Gasteiger partial charge < -0.3 is 15.0 Å². The molecule has 3 heterocycles. The van der Waals surface area contributed by atoms with E-state index in [4.69, 9.17) is 10.00 Å². The number of fused-ring (bicyclic) bond motifs is 1. The number of rotatable bonds is 4. The molecule has 0 unspecified atom stereocenters. The summed E-state index contributed by atoms with van der Waals surface area (Å²) in [5.74, 6) is 0.151. The van der Waals surface area contributed by atoms with Crippen LogP contribution >= 0.6 is 0 Å². The molecule has 1 aromatic carbocycles. The van der Waals surface area contributed by atoms with Crippen LogP contribution in [0.1, 0.15) is 51.6 Å². The molecule has 0 aliphatic carbocycles. The second-order valence-electron chi connectivity index (χ2n) is 7.01. The van der Waals surface area contributed by atoms with Crippen molar-refractivity contribution < 1.29 is 9.53 Å². The van der Waals surface area contributed by atoms with Gasteiger partial charge in [0.15, 0.2) is 5.69 Å². The molecule has 1 saturated heterocycles. The standard InChI is InChI=1S/C21H21N5O2/c1-13-16-8-14(10-24-21(27)17-11-23-12-25-19(17)9-22)2-3-18(16)26-20(13)15-4-6-28-7-5-15/h2-3,8,11-12,15,26H,4-7,10H2,1H3,(H,24,27). The first-order valence-electron chi connectivity index (χ1n) is 9.34. The van der Waals surface area contributed by atoms with E-state index in [1.165, 1.54) is 29.2 Å². The first kappa shape index (κ1) is 18.1. The number of aromatic nitrogens is 3. The summed E-state index contributed by atoms with van der Waals surface area (Å²) in [6.45, 7) is 4.13. The van der Waals surface area contributed by atoms with E-state index in [9.17, 15) is 4.79 Å². The summed E-state index contributed by atoms with van der Waals surface area (Å²) in [4.78, 5) is 23.6. The Morgan fingerprint density at radius 2 is 2.21 bits per heavy atom. The van der Waals surface area contributed by atoms with E-state index in [-0.39, 0.29) is 17.2 Å². The second kappa shape index (κ2) is 7.79. The molecule has 7 heteroatoms. The summed E-state index contributed by atoms with van der Waals surface area (Å²) >= 11 is 0. The van der Waals surface area contributed by atoms with Gasteiger partial charge in [-0.2, -0.15) is 5.26 Å². The van der Waals surface area contributed by atoms with E-state index in [0.717, 1.165) is 37.1 Å². The summed E-state index contributed by atoms with van der Waals surface area (Å²) in [6.07, 6.45) is 4.70. The minimum Gasteiger partial charge on any atom is -0.381 e. The summed E-state index contributed by atoms with van der Waals surface area (Å²) < 4.78 is 5.48. The fraction of sp³-hybridized carbons (Fsp3) is 0.333. The third kappa shape index (κ3) is 3.47. The third-order valence-electron chi connectivity index (χ3n) is 5.31. The van der Waals surface area contributed by atoms with E-state index in [2.05, 4.69) is 39.3 Å². The van der Waals surface area contributed by atoms with Gasteiger partial charge in [-0.1, -0.05) is 6.07 Å². The van der Waals surface area contributed by atoms with Gasteiger partial charge in [0, 0.05) is 48.5 Å². The second-order valence-corrected chi connectivity index (χ2v) is 7.01. The highest BCUT2D eigenvalue weighted by Gasteiger charge is 2.21. The van der Waals surface area contributed by atoms with Gasteiger partial charge in [-0.05, 0) is 43.0 Å². The van der Waals surface area contributed by atoms with Gasteiger partial charge >= 0.3 is 0 Å². The molecule has 1 aliphatic heterocycles. The number of aryl methyl sites for hydroxylation is 1. The van der Waals surface area contributed by atoms with Crippen LogP contribution in [0.3, 0.4) is 0 Å². The molecule has 3 aromatic rings. The lowest BCUT2D eigenvalue weighted by molar-refractivity contribution is 0.0845. The third-order valence-corrected chi connectivity index (χ3v) is 5.31. The maximum absolute atomic E-state index is 12.4. The van der Waals surface area contributed by atoms with Crippen molar-refractivity contribution in [2.24, 2.45) is 0 Å². The molecule has 2 N–H and O–H groups in total. The average molecular weight is 375 g/mol. The lowest BCUT2D eigenvalue weighted by atomic mass is 9.93. The first-order valence-corrected chi connectivity index (χ1v) is 9.34. The molecule has 28 heavy (non-hydrogen) atoms. The monoisotopic (exact) mass is 375 g/mol.